The maximum atomic E-state index is 12.4. The van der Waals surface area contributed by atoms with Crippen LogP contribution in [0.1, 0.15) is 22.0 Å². The average Bonchev–Trinajstić information content (AvgIpc) is 2.73. The van der Waals surface area contributed by atoms with Crippen LogP contribution in [-0.2, 0) is 0 Å². The Bertz CT molecular complexity index is 900. The summed E-state index contributed by atoms with van der Waals surface area (Å²) in [6.45, 7) is -0.225. The zero-order valence-electron chi connectivity index (χ0n) is 14.9. The normalized spacial score (nSPS) is 12.0. The summed E-state index contributed by atoms with van der Waals surface area (Å²) in [6, 6.07) is 22.6. The average molecular weight is 399 g/mol. The van der Waals surface area contributed by atoms with Crippen LogP contribution >= 0.6 is 11.8 Å². The molecule has 0 bridgehead atoms. The van der Waals surface area contributed by atoms with E-state index in [-0.39, 0.29) is 12.5 Å². The molecule has 3 aromatic carbocycles. The van der Waals surface area contributed by atoms with Crippen molar-refractivity contribution in [2.75, 3.05) is 6.61 Å². The minimum Gasteiger partial charge on any atom is -0.394 e. The van der Waals surface area contributed by atoms with Crippen molar-refractivity contribution >= 4 is 17.7 Å². The van der Waals surface area contributed by atoms with E-state index in [9.17, 15) is 18.7 Å². The molecule has 0 aliphatic carbocycles. The summed E-state index contributed by atoms with van der Waals surface area (Å²) < 4.78 is 24.8. The maximum Gasteiger partial charge on any atom is 0.288 e. The van der Waals surface area contributed by atoms with Crippen LogP contribution in [0.5, 0.6) is 0 Å². The molecular weight excluding hydrogens is 380 g/mol. The smallest absolute Gasteiger partial charge is 0.288 e. The summed E-state index contributed by atoms with van der Waals surface area (Å²) in [6.07, 6.45) is 0. The number of amides is 1. The summed E-state index contributed by atoms with van der Waals surface area (Å²) in [4.78, 5) is 12.8. The third kappa shape index (κ3) is 5.18. The highest BCUT2D eigenvalue weighted by Gasteiger charge is 2.15. The topological polar surface area (TPSA) is 49.3 Å². The molecule has 3 rings (SSSR count). The molecule has 0 aromatic heterocycles. The van der Waals surface area contributed by atoms with Gasteiger partial charge in [-0.1, -0.05) is 66.4 Å². The summed E-state index contributed by atoms with van der Waals surface area (Å²) in [5, 5.41) is 12.5. The molecule has 6 heteroatoms. The van der Waals surface area contributed by atoms with Crippen molar-refractivity contribution in [3.05, 3.63) is 90.0 Å². The number of aliphatic hydroxyl groups is 1. The molecule has 2 N–H and O–H groups in total. The Balaban J connectivity index is 1.70. The number of alkyl halides is 2. The van der Waals surface area contributed by atoms with Gasteiger partial charge in [0.1, 0.15) is 0 Å². The first-order chi connectivity index (χ1) is 13.6. The van der Waals surface area contributed by atoms with Crippen LogP contribution in [0.4, 0.5) is 8.78 Å². The molecule has 28 heavy (non-hydrogen) atoms. The van der Waals surface area contributed by atoms with Crippen molar-refractivity contribution in [3.63, 3.8) is 0 Å². The van der Waals surface area contributed by atoms with Crippen molar-refractivity contribution in [2.45, 2.75) is 16.7 Å². The van der Waals surface area contributed by atoms with E-state index in [0.717, 1.165) is 16.7 Å². The highest BCUT2D eigenvalue weighted by atomic mass is 32.2. The number of halogens is 2. The van der Waals surface area contributed by atoms with Gasteiger partial charge in [-0.2, -0.15) is 8.78 Å². The highest BCUT2D eigenvalue weighted by Crippen LogP contribution is 2.28. The first-order valence-corrected chi connectivity index (χ1v) is 9.57. The zero-order chi connectivity index (χ0) is 19.9. The standard InChI is InChI=1S/C22H19F2NO2S/c23-22(24)28-19-12-10-16(11-13-19)15-6-8-17(9-7-15)20(14-26)25-21(27)18-4-2-1-3-5-18/h1-13,20,22,26H,14H2,(H,25,27). The molecule has 144 valence electrons. The van der Waals surface area contributed by atoms with E-state index in [0.29, 0.717) is 22.2 Å². The number of carbonyl (C=O) groups excluding carboxylic acids is 1. The molecule has 0 heterocycles. The molecule has 1 atom stereocenters. The number of thioether (sulfide) groups is 1. The number of hydrogen-bond donors (Lipinski definition) is 2. The Kier molecular flexibility index (Phi) is 6.79. The molecule has 0 spiro atoms. The van der Waals surface area contributed by atoms with E-state index in [1.807, 2.05) is 30.3 Å². The van der Waals surface area contributed by atoms with Gasteiger partial charge >= 0.3 is 0 Å². The predicted molar refractivity (Wildman–Crippen MR) is 107 cm³/mol. The summed E-state index contributed by atoms with van der Waals surface area (Å²) >= 11 is 0.514. The second-order valence-corrected chi connectivity index (χ2v) is 7.16. The van der Waals surface area contributed by atoms with Gasteiger partial charge in [-0.05, 0) is 41.0 Å². The van der Waals surface area contributed by atoms with Gasteiger partial charge in [0.15, 0.2) is 0 Å². The van der Waals surface area contributed by atoms with E-state index in [1.165, 1.54) is 0 Å². The fourth-order valence-corrected chi connectivity index (χ4v) is 3.30. The zero-order valence-corrected chi connectivity index (χ0v) is 15.7. The predicted octanol–water partition coefficient (Wildman–Crippen LogP) is 5.13. The molecular formula is C22H19F2NO2S. The lowest BCUT2D eigenvalue weighted by Crippen LogP contribution is -2.30. The maximum absolute atomic E-state index is 12.4. The Morgan fingerprint density at radius 3 is 2.00 bits per heavy atom. The number of aliphatic hydroxyl groups excluding tert-OH is 1. The molecule has 0 aliphatic heterocycles. The Hall–Kier alpha value is -2.70. The third-order valence-corrected chi connectivity index (χ3v) is 4.97. The first kappa shape index (κ1) is 20.0. The van der Waals surface area contributed by atoms with Gasteiger partial charge in [-0.3, -0.25) is 4.79 Å². The minimum absolute atomic E-state index is 0.225. The monoisotopic (exact) mass is 399 g/mol. The number of hydrogen-bond acceptors (Lipinski definition) is 3. The third-order valence-electron chi connectivity index (χ3n) is 4.25. The number of rotatable bonds is 7. The molecule has 3 aromatic rings. The van der Waals surface area contributed by atoms with Crippen molar-refractivity contribution < 1.29 is 18.7 Å². The lowest BCUT2D eigenvalue weighted by Gasteiger charge is -2.17. The van der Waals surface area contributed by atoms with Crippen LogP contribution in [0.15, 0.2) is 83.8 Å². The van der Waals surface area contributed by atoms with E-state index < -0.39 is 11.8 Å². The van der Waals surface area contributed by atoms with Gasteiger partial charge in [0, 0.05) is 10.5 Å². The van der Waals surface area contributed by atoms with E-state index in [1.54, 1.807) is 48.5 Å². The van der Waals surface area contributed by atoms with Crippen molar-refractivity contribution in [2.24, 2.45) is 0 Å². The van der Waals surface area contributed by atoms with Crippen LogP contribution in [0, 0.1) is 0 Å². The largest absolute Gasteiger partial charge is 0.394 e. The fraction of sp³-hybridized carbons (Fsp3) is 0.136. The molecule has 1 amide bonds. The Morgan fingerprint density at radius 1 is 0.893 bits per heavy atom. The highest BCUT2D eigenvalue weighted by molar-refractivity contribution is 7.99. The fourth-order valence-electron chi connectivity index (χ4n) is 2.80. The van der Waals surface area contributed by atoms with Gasteiger partial charge in [0.2, 0.25) is 0 Å². The van der Waals surface area contributed by atoms with Gasteiger partial charge in [-0.15, -0.1) is 0 Å². The molecule has 0 saturated carbocycles. The second-order valence-electron chi connectivity index (χ2n) is 6.10. The summed E-state index contributed by atoms with van der Waals surface area (Å²) in [7, 11) is 0. The molecule has 0 saturated heterocycles. The second kappa shape index (κ2) is 9.48. The molecule has 3 nitrogen and oxygen atoms in total. The minimum atomic E-state index is -2.44. The van der Waals surface area contributed by atoms with E-state index in [4.69, 9.17) is 0 Å². The van der Waals surface area contributed by atoms with E-state index in [2.05, 4.69) is 5.32 Å². The van der Waals surface area contributed by atoms with Crippen LogP contribution in [0.2, 0.25) is 0 Å². The van der Waals surface area contributed by atoms with Crippen LogP contribution < -0.4 is 5.32 Å². The van der Waals surface area contributed by atoms with Crippen molar-refractivity contribution in [1.29, 1.82) is 0 Å². The van der Waals surface area contributed by atoms with Crippen molar-refractivity contribution in [1.82, 2.24) is 5.32 Å². The number of carbonyl (C=O) groups is 1. The molecule has 0 aliphatic rings. The van der Waals surface area contributed by atoms with Crippen molar-refractivity contribution in [3.8, 4) is 11.1 Å². The quantitative estimate of drug-likeness (QED) is 0.542. The Labute approximate surface area is 166 Å². The SMILES string of the molecule is O=C(NC(CO)c1ccc(-c2ccc(SC(F)F)cc2)cc1)c1ccccc1. The first-order valence-electron chi connectivity index (χ1n) is 8.69. The van der Waals surface area contributed by atoms with Gasteiger partial charge in [0.25, 0.3) is 11.7 Å². The summed E-state index contributed by atoms with van der Waals surface area (Å²) in [5.41, 5.74) is 3.13. The van der Waals surface area contributed by atoms with E-state index >= 15 is 0 Å². The van der Waals surface area contributed by atoms with Gasteiger partial charge < -0.3 is 10.4 Å². The molecule has 0 fully saturated rings. The number of benzene rings is 3. The van der Waals surface area contributed by atoms with Gasteiger partial charge in [0.05, 0.1) is 12.6 Å². The molecule has 0 radical (unpaired) electrons. The lowest BCUT2D eigenvalue weighted by atomic mass is 10.0. The number of nitrogens with one attached hydrogen (secondary N) is 1. The molecule has 1 unspecified atom stereocenters. The van der Waals surface area contributed by atoms with Gasteiger partial charge in [-0.25, -0.2) is 0 Å². The van der Waals surface area contributed by atoms with Crippen LogP contribution in [0.3, 0.4) is 0 Å². The van der Waals surface area contributed by atoms with Crippen LogP contribution in [-0.4, -0.2) is 23.4 Å². The summed E-state index contributed by atoms with van der Waals surface area (Å²) in [5.74, 6) is -2.69. The van der Waals surface area contributed by atoms with Crippen LogP contribution in [0.25, 0.3) is 11.1 Å². The lowest BCUT2D eigenvalue weighted by molar-refractivity contribution is 0.0916. The Morgan fingerprint density at radius 2 is 1.46 bits per heavy atom.